The Morgan fingerprint density at radius 1 is 1.06 bits per heavy atom. The summed E-state index contributed by atoms with van der Waals surface area (Å²) in [5.41, 5.74) is 0.914. The van der Waals surface area contributed by atoms with Crippen molar-refractivity contribution in [2.45, 2.75) is 20.8 Å². The van der Waals surface area contributed by atoms with Crippen molar-refractivity contribution >= 4 is 17.3 Å². The first kappa shape index (κ1) is 13.0. The zero-order valence-corrected chi connectivity index (χ0v) is 10.7. The molecule has 0 aliphatic carbocycles. The molecule has 16 heavy (non-hydrogen) atoms. The fraction of sp³-hybridized carbons (Fsp3) is 0.500. The average molecular weight is 244 g/mol. The largest absolute Gasteiger partial charge is 0.492 e. The van der Waals surface area contributed by atoms with E-state index < -0.39 is 0 Å². The molecule has 0 saturated heterocycles. The van der Waals surface area contributed by atoms with Gasteiger partial charge in [-0.15, -0.1) is 0 Å². The summed E-state index contributed by atoms with van der Waals surface area (Å²) in [6.45, 7) is 7.94. The number of nitrogens with one attached hydrogen (secondary N) is 1. The van der Waals surface area contributed by atoms with Gasteiger partial charge in [-0.2, -0.15) is 0 Å². The van der Waals surface area contributed by atoms with Crippen LogP contribution in [0.3, 0.4) is 0 Å². The Morgan fingerprint density at radius 2 is 1.69 bits per heavy atom. The maximum absolute atomic E-state index is 6.08. The van der Waals surface area contributed by atoms with Crippen molar-refractivity contribution in [1.29, 1.82) is 0 Å². The van der Waals surface area contributed by atoms with Gasteiger partial charge in [0.1, 0.15) is 11.5 Å². The second-order valence-electron chi connectivity index (χ2n) is 3.18. The Bertz CT molecular complexity index is 342. The summed E-state index contributed by atoms with van der Waals surface area (Å²) in [6.07, 6.45) is 0. The molecular formula is C12H18ClNO2. The predicted octanol–water partition coefficient (Wildman–Crippen LogP) is 3.57. The van der Waals surface area contributed by atoms with E-state index in [0.717, 1.165) is 18.0 Å². The SMILES string of the molecule is CCNc1cc(OCC)c(Cl)cc1OCC. The second kappa shape index (κ2) is 6.48. The highest BCUT2D eigenvalue weighted by Crippen LogP contribution is 2.36. The molecular weight excluding hydrogens is 226 g/mol. The number of halogens is 1. The molecule has 0 saturated carbocycles. The van der Waals surface area contributed by atoms with Crippen LogP contribution in [-0.2, 0) is 0 Å². The van der Waals surface area contributed by atoms with Crippen LogP contribution in [0.1, 0.15) is 20.8 Å². The molecule has 1 rings (SSSR count). The predicted molar refractivity (Wildman–Crippen MR) is 68.0 cm³/mol. The van der Waals surface area contributed by atoms with Crippen molar-refractivity contribution in [2.24, 2.45) is 0 Å². The van der Waals surface area contributed by atoms with Gasteiger partial charge in [0, 0.05) is 18.7 Å². The number of hydrogen-bond acceptors (Lipinski definition) is 3. The van der Waals surface area contributed by atoms with Gasteiger partial charge < -0.3 is 14.8 Å². The molecule has 0 heterocycles. The molecule has 0 unspecified atom stereocenters. The molecule has 0 aliphatic rings. The minimum absolute atomic E-state index is 0.576. The summed E-state index contributed by atoms with van der Waals surface area (Å²) in [5.74, 6) is 1.45. The van der Waals surface area contributed by atoms with Crippen molar-refractivity contribution in [1.82, 2.24) is 0 Å². The van der Waals surface area contributed by atoms with E-state index in [9.17, 15) is 0 Å². The van der Waals surface area contributed by atoms with Crippen LogP contribution in [0.15, 0.2) is 12.1 Å². The van der Waals surface area contributed by atoms with Crippen LogP contribution in [0, 0.1) is 0 Å². The van der Waals surface area contributed by atoms with Crippen molar-refractivity contribution in [2.75, 3.05) is 25.1 Å². The summed E-state index contributed by atoms with van der Waals surface area (Å²) in [7, 11) is 0. The molecule has 1 aromatic rings. The van der Waals surface area contributed by atoms with Crippen LogP contribution in [0.2, 0.25) is 5.02 Å². The third-order valence-corrected chi connectivity index (χ3v) is 2.30. The Hall–Kier alpha value is -1.09. The molecule has 0 amide bonds. The standard InChI is InChI=1S/C12H18ClNO2/c1-4-14-10-8-11(15-5-2)9(13)7-12(10)16-6-3/h7-8,14H,4-6H2,1-3H3. The summed E-state index contributed by atoms with van der Waals surface area (Å²) < 4.78 is 10.9. The lowest BCUT2D eigenvalue weighted by atomic mass is 10.2. The molecule has 0 aromatic heterocycles. The highest BCUT2D eigenvalue weighted by atomic mass is 35.5. The third kappa shape index (κ3) is 3.20. The summed E-state index contributed by atoms with van der Waals surface area (Å²) in [4.78, 5) is 0. The Balaban J connectivity index is 3.03. The van der Waals surface area contributed by atoms with Gasteiger partial charge in [-0.1, -0.05) is 11.6 Å². The second-order valence-corrected chi connectivity index (χ2v) is 3.58. The maximum atomic E-state index is 6.08. The van der Waals surface area contributed by atoms with Gasteiger partial charge in [0.2, 0.25) is 0 Å². The van der Waals surface area contributed by atoms with E-state index in [4.69, 9.17) is 21.1 Å². The molecule has 0 aliphatic heterocycles. The van der Waals surface area contributed by atoms with E-state index in [-0.39, 0.29) is 0 Å². The quantitative estimate of drug-likeness (QED) is 0.829. The molecule has 3 nitrogen and oxygen atoms in total. The van der Waals surface area contributed by atoms with Gasteiger partial charge in [0.05, 0.1) is 23.9 Å². The molecule has 0 radical (unpaired) electrons. The van der Waals surface area contributed by atoms with Gasteiger partial charge in [-0.3, -0.25) is 0 Å². The first-order chi connectivity index (χ1) is 7.72. The minimum atomic E-state index is 0.576. The summed E-state index contributed by atoms with van der Waals surface area (Å²) in [6, 6.07) is 3.66. The van der Waals surface area contributed by atoms with E-state index in [0.29, 0.717) is 24.0 Å². The van der Waals surface area contributed by atoms with E-state index in [1.54, 1.807) is 6.07 Å². The van der Waals surface area contributed by atoms with Gasteiger partial charge >= 0.3 is 0 Å². The highest BCUT2D eigenvalue weighted by Gasteiger charge is 2.09. The van der Waals surface area contributed by atoms with Crippen LogP contribution in [0.4, 0.5) is 5.69 Å². The van der Waals surface area contributed by atoms with Crippen LogP contribution in [-0.4, -0.2) is 19.8 Å². The van der Waals surface area contributed by atoms with Crippen LogP contribution < -0.4 is 14.8 Å². The van der Waals surface area contributed by atoms with E-state index in [1.807, 2.05) is 26.8 Å². The lowest BCUT2D eigenvalue weighted by Crippen LogP contribution is -2.03. The van der Waals surface area contributed by atoms with Crippen LogP contribution >= 0.6 is 11.6 Å². The normalized spacial score (nSPS) is 10.0. The van der Waals surface area contributed by atoms with Gasteiger partial charge in [0.15, 0.2) is 0 Å². The average Bonchev–Trinajstić information content (AvgIpc) is 2.25. The molecule has 0 bridgehead atoms. The number of rotatable bonds is 6. The van der Waals surface area contributed by atoms with Crippen molar-refractivity contribution in [3.63, 3.8) is 0 Å². The lowest BCUT2D eigenvalue weighted by Gasteiger charge is -2.14. The molecule has 90 valence electrons. The van der Waals surface area contributed by atoms with Crippen molar-refractivity contribution < 1.29 is 9.47 Å². The Morgan fingerprint density at radius 3 is 2.25 bits per heavy atom. The molecule has 0 spiro atoms. The minimum Gasteiger partial charge on any atom is -0.492 e. The first-order valence-corrected chi connectivity index (χ1v) is 5.93. The molecule has 1 N–H and O–H groups in total. The Kier molecular flexibility index (Phi) is 5.26. The monoisotopic (exact) mass is 243 g/mol. The lowest BCUT2D eigenvalue weighted by molar-refractivity contribution is 0.332. The topological polar surface area (TPSA) is 30.5 Å². The van der Waals surface area contributed by atoms with Crippen LogP contribution in [0.5, 0.6) is 11.5 Å². The Labute approximate surface area is 102 Å². The van der Waals surface area contributed by atoms with E-state index in [1.165, 1.54) is 0 Å². The fourth-order valence-corrected chi connectivity index (χ4v) is 1.61. The van der Waals surface area contributed by atoms with Crippen molar-refractivity contribution in [3.8, 4) is 11.5 Å². The maximum Gasteiger partial charge on any atom is 0.144 e. The van der Waals surface area contributed by atoms with Gasteiger partial charge in [-0.25, -0.2) is 0 Å². The number of anilines is 1. The van der Waals surface area contributed by atoms with E-state index in [2.05, 4.69) is 5.32 Å². The third-order valence-electron chi connectivity index (χ3n) is 2.00. The number of ether oxygens (including phenoxy) is 2. The molecule has 0 atom stereocenters. The molecule has 0 fully saturated rings. The zero-order valence-electron chi connectivity index (χ0n) is 9.97. The highest BCUT2D eigenvalue weighted by molar-refractivity contribution is 6.32. The summed E-state index contributed by atoms with van der Waals surface area (Å²) >= 11 is 6.08. The van der Waals surface area contributed by atoms with Gasteiger partial charge in [-0.05, 0) is 20.8 Å². The molecule has 4 heteroatoms. The van der Waals surface area contributed by atoms with Crippen LogP contribution in [0.25, 0.3) is 0 Å². The van der Waals surface area contributed by atoms with Gasteiger partial charge in [0.25, 0.3) is 0 Å². The zero-order chi connectivity index (χ0) is 12.0. The first-order valence-electron chi connectivity index (χ1n) is 5.55. The van der Waals surface area contributed by atoms with Crippen molar-refractivity contribution in [3.05, 3.63) is 17.2 Å². The molecule has 1 aromatic carbocycles. The number of hydrogen-bond donors (Lipinski definition) is 1. The van der Waals surface area contributed by atoms with E-state index >= 15 is 0 Å². The summed E-state index contributed by atoms with van der Waals surface area (Å²) in [5, 5.41) is 3.80. The smallest absolute Gasteiger partial charge is 0.144 e. The fourth-order valence-electron chi connectivity index (χ4n) is 1.40. The number of benzene rings is 1.